The Morgan fingerprint density at radius 1 is 1.00 bits per heavy atom. The van der Waals surface area contributed by atoms with Crippen LogP contribution < -0.4 is 10.1 Å². The summed E-state index contributed by atoms with van der Waals surface area (Å²) in [6.07, 6.45) is -1.01. The molecule has 0 saturated carbocycles. The van der Waals surface area contributed by atoms with Crippen molar-refractivity contribution in [2.75, 3.05) is 6.54 Å². The highest BCUT2D eigenvalue weighted by atomic mass is 32.2. The molecule has 0 radical (unpaired) electrons. The fourth-order valence-electron chi connectivity index (χ4n) is 2.73. The lowest BCUT2D eigenvalue weighted by Crippen LogP contribution is -2.25. The number of halogens is 3. The van der Waals surface area contributed by atoms with Gasteiger partial charge in [-0.1, -0.05) is 12.1 Å². The van der Waals surface area contributed by atoms with Crippen molar-refractivity contribution in [3.63, 3.8) is 0 Å². The number of carbonyl (C=O) groups excluding carboxylic acids is 1. The van der Waals surface area contributed by atoms with Gasteiger partial charge in [0.2, 0.25) is 9.84 Å². The molecule has 3 aromatic rings. The van der Waals surface area contributed by atoms with Crippen molar-refractivity contribution in [1.29, 1.82) is 0 Å². The molecule has 0 spiro atoms. The molecule has 10 heteroatoms. The predicted octanol–water partition coefficient (Wildman–Crippen LogP) is 3.79. The summed E-state index contributed by atoms with van der Waals surface area (Å²) in [6.45, 7) is 0.372. The molecule has 1 heterocycles. The molecule has 1 aromatic heterocycles. The van der Waals surface area contributed by atoms with Crippen LogP contribution in [0, 0.1) is 0 Å². The molecule has 0 bridgehead atoms. The Morgan fingerprint density at radius 2 is 1.74 bits per heavy atom. The zero-order valence-corrected chi connectivity index (χ0v) is 16.8. The lowest BCUT2D eigenvalue weighted by atomic mass is 10.2. The molecule has 2 aromatic carbocycles. The highest BCUT2D eigenvalue weighted by Gasteiger charge is 2.31. The van der Waals surface area contributed by atoms with Crippen LogP contribution in [0.2, 0.25) is 0 Å². The van der Waals surface area contributed by atoms with E-state index < -0.39 is 21.9 Å². The first-order valence-electron chi connectivity index (χ1n) is 9.03. The SMILES string of the molecule is O=C(NCCc1cccnc1)c1ccc(S(=O)(=O)c2cccc(OC(F)(F)F)c2)cc1. The molecule has 31 heavy (non-hydrogen) atoms. The third kappa shape index (κ3) is 6.05. The number of carbonyl (C=O) groups is 1. The van der Waals surface area contributed by atoms with Crippen molar-refractivity contribution in [1.82, 2.24) is 10.3 Å². The van der Waals surface area contributed by atoms with E-state index in [1.807, 2.05) is 6.07 Å². The molecule has 6 nitrogen and oxygen atoms in total. The van der Waals surface area contributed by atoms with E-state index in [1.54, 1.807) is 18.5 Å². The fourth-order valence-corrected chi connectivity index (χ4v) is 4.02. The average Bonchev–Trinajstić information content (AvgIpc) is 2.73. The normalized spacial score (nSPS) is 11.7. The molecule has 0 saturated heterocycles. The minimum atomic E-state index is -4.94. The summed E-state index contributed by atoms with van der Waals surface area (Å²) < 4.78 is 66.4. The first kappa shape index (κ1) is 22.3. The van der Waals surface area contributed by atoms with Crippen LogP contribution in [-0.2, 0) is 16.3 Å². The number of nitrogens with one attached hydrogen (secondary N) is 1. The lowest BCUT2D eigenvalue weighted by molar-refractivity contribution is -0.274. The molecular formula is C21H17F3N2O4S. The molecule has 1 amide bonds. The van der Waals surface area contributed by atoms with Crippen molar-refractivity contribution in [3.8, 4) is 5.75 Å². The number of amides is 1. The summed E-state index contributed by atoms with van der Waals surface area (Å²) in [7, 11) is -4.10. The number of pyridine rings is 1. The number of aromatic nitrogens is 1. The molecular weight excluding hydrogens is 433 g/mol. The van der Waals surface area contributed by atoms with Crippen LogP contribution in [-0.4, -0.2) is 32.2 Å². The average molecular weight is 450 g/mol. The molecule has 0 aliphatic carbocycles. The second-order valence-electron chi connectivity index (χ2n) is 6.42. The third-order valence-electron chi connectivity index (χ3n) is 4.20. The van der Waals surface area contributed by atoms with Gasteiger partial charge in [-0.15, -0.1) is 13.2 Å². The number of rotatable bonds is 7. The second kappa shape index (κ2) is 9.17. The van der Waals surface area contributed by atoms with Crippen molar-refractivity contribution < 1.29 is 31.1 Å². The summed E-state index contributed by atoms with van der Waals surface area (Å²) in [5.74, 6) is -1.02. The predicted molar refractivity (Wildman–Crippen MR) is 105 cm³/mol. The van der Waals surface area contributed by atoms with E-state index in [9.17, 15) is 26.4 Å². The van der Waals surface area contributed by atoms with Gasteiger partial charge in [0.25, 0.3) is 5.91 Å². The summed E-state index contributed by atoms with van der Waals surface area (Å²) in [6, 6.07) is 12.9. The molecule has 0 aliphatic rings. The summed E-state index contributed by atoms with van der Waals surface area (Å²) in [5.41, 5.74) is 1.21. The summed E-state index contributed by atoms with van der Waals surface area (Å²) >= 11 is 0. The van der Waals surface area contributed by atoms with Crippen molar-refractivity contribution >= 4 is 15.7 Å². The van der Waals surface area contributed by atoms with Gasteiger partial charge in [0, 0.05) is 24.5 Å². The Labute approximate surface area is 176 Å². The molecule has 0 aliphatic heterocycles. The zero-order valence-electron chi connectivity index (χ0n) is 16.0. The van der Waals surface area contributed by atoms with E-state index >= 15 is 0 Å². The largest absolute Gasteiger partial charge is 0.573 e. The van der Waals surface area contributed by atoms with Crippen LogP contribution in [0.5, 0.6) is 5.75 Å². The van der Waals surface area contributed by atoms with Crippen molar-refractivity contribution in [3.05, 3.63) is 84.2 Å². The van der Waals surface area contributed by atoms with E-state index in [1.165, 1.54) is 24.3 Å². The third-order valence-corrected chi connectivity index (χ3v) is 5.97. The van der Waals surface area contributed by atoms with Gasteiger partial charge in [-0.2, -0.15) is 0 Å². The Balaban J connectivity index is 1.68. The summed E-state index contributed by atoms with van der Waals surface area (Å²) in [4.78, 5) is 15.7. The van der Waals surface area contributed by atoms with Crippen LogP contribution in [0.4, 0.5) is 13.2 Å². The highest BCUT2D eigenvalue weighted by molar-refractivity contribution is 7.91. The quantitative estimate of drug-likeness (QED) is 0.592. The number of alkyl halides is 3. The van der Waals surface area contributed by atoms with Crippen molar-refractivity contribution in [2.24, 2.45) is 0 Å². The van der Waals surface area contributed by atoms with Gasteiger partial charge in [0.15, 0.2) is 0 Å². The number of sulfone groups is 1. The maximum atomic E-state index is 12.7. The van der Waals surface area contributed by atoms with Crippen molar-refractivity contribution in [2.45, 2.75) is 22.6 Å². The van der Waals surface area contributed by atoms with Crippen LogP contribution >= 0.6 is 0 Å². The molecule has 0 unspecified atom stereocenters. The molecule has 1 N–H and O–H groups in total. The van der Waals surface area contributed by atoms with Crippen LogP contribution in [0.15, 0.2) is 82.8 Å². The van der Waals surface area contributed by atoms with Gasteiger partial charge in [-0.3, -0.25) is 9.78 Å². The standard InChI is InChI=1S/C21H17F3N2O4S/c22-21(23,24)30-17-4-1-5-19(13-17)31(28,29)18-8-6-16(7-9-18)20(27)26-12-10-15-3-2-11-25-14-15/h1-9,11,13-14H,10,12H2,(H,26,27). The van der Waals surface area contributed by atoms with Gasteiger partial charge >= 0.3 is 6.36 Å². The molecule has 3 rings (SSSR count). The van der Waals surface area contributed by atoms with E-state index in [0.29, 0.717) is 13.0 Å². The number of hydrogen-bond acceptors (Lipinski definition) is 5. The summed E-state index contributed by atoms with van der Waals surface area (Å²) in [5, 5.41) is 2.73. The van der Waals surface area contributed by atoms with E-state index in [4.69, 9.17) is 0 Å². The van der Waals surface area contributed by atoms with E-state index in [2.05, 4.69) is 15.0 Å². The molecule has 0 fully saturated rings. The molecule has 162 valence electrons. The Hall–Kier alpha value is -3.40. The van der Waals surface area contributed by atoms with Gasteiger partial charge in [0.05, 0.1) is 9.79 Å². The van der Waals surface area contributed by atoms with Gasteiger partial charge < -0.3 is 10.1 Å². The topological polar surface area (TPSA) is 85.4 Å². The number of ether oxygens (including phenoxy) is 1. The van der Waals surface area contributed by atoms with Gasteiger partial charge in [0.1, 0.15) is 5.75 Å². The minimum absolute atomic E-state index is 0.163. The zero-order chi connectivity index (χ0) is 22.5. The Morgan fingerprint density at radius 3 is 2.39 bits per heavy atom. The van der Waals surface area contributed by atoms with E-state index in [0.717, 1.165) is 29.8 Å². The second-order valence-corrected chi connectivity index (χ2v) is 8.37. The number of nitrogens with zero attached hydrogens (tertiary/aromatic N) is 1. The smallest absolute Gasteiger partial charge is 0.406 e. The maximum Gasteiger partial charge on any atom is 0.573 e. The number of benzene rings is 2. The van der Waals surface area contributed by atoms with Crippen LogP contribution in [0.1, 0.15) is 15.9 Å². The Kier molecular flexibility index (Phi) is 6.59. The first-order chi connectivity index (χ1) is 14.6. The Bertz CT molecular complexity index is 1150. The molecule has 0 atom stereocenters. The fraction of sp³-hybridized carbons (Fsp3) is 0.143. The first-order valence-corrected chi connectivity index (χ1v) is 10.5. The van der Waals surface area contributed by atoms with Gasteiger partial charge in [-0.05, 0) is 60.5 Å². The lowest BCUT2D eigenvalue weighted by Gasteiger charge is -2.11. The number of hydrogen-bond donors (Lipinski definition) is 1. The minimum Gasteiger partial charge on any atom is -0.406 e. The van der Waals surface area contributed by atoms with Crippen LogP contribution in [0.25, 0.3) is 0 Å². The van der Waals surface area contributed by atoms with Crippen LogP contribution in [0.3, 0.4) is 0 Å². The monoisotopic (exact) mass is 450 g/mol. The maximum absolute atomic E-state index is 12.7. The highest BCUT2D eigenvalue weighted by Crippen LogP contribution is 2.28. The van der Waals surface area contributed by atoms with Gasteiger partial charge in [-0.25, -0.2) is 8.42 Å². The van der Waals surface area contributed by atoms with E-state index in [-0.39, 0.29) is 21.3 Å².